The number of nitrogens with two attached hydrogens (primary N) is 1. The molecule has 0 aromatic carbocycles. The molecule has 31 heavy (non-hydrogen) atoms. The predicted octanol–water partition coefficient (Wildman–Crippen LogP) is 2.82. The molecule has 1 amide bonds. The van der Waals surface area contributed by atoms with E-state index in [4.69, 9.17) is 27.4 Å². The Morgan fingerprint density at radius 2 is 2.06 bits per heavy atom. The van der Waals surface area contributed by atoms with Crippen molar-refractivity contribution in [3.05, 3.63) is 23.5 Å². The summed E-state index contributed by atoms with van der Waals surface area (Å²) in [5.74, 6) is 1.06. The summed E-state index contributed by atoms with van der Waals surface area (Å²) < 4.78 is 1.84. The fourth-order valence-electron chi connectivity index (χ4n) is 5.09. The van der Waals surface area contributed by atoms with E-state index in [-0.39, 0.29) is 24.0 Å². The van der Waals surface area contributed by atoms with Gasteiger partial charge in [0.25, 0.3) is 0 Å². The Morgan fingerprint density at radius 1 is 1.19 bits per heavy atom. The van der Waals surface area contributed by atoms with Gasteiger partial charge in [0.2, 0.25) is 5.91 Å². The average molecular weight is 444 g/mol. The topological polar surface area (TPSA) is 92.1 Å². The van der Waals surface area contributed by atoms with Crippen LogP contribution < -0.4 is 10.6 Å². The van der Waals surface area contributed by atoms with Crippen LogP contribution in [0.15, 0.2) is 17.3 Å². The maximum atomic E-state index is 13.3. The first kappa shape index (κ1) is 20.7. The summed E-state index contributed by atoms with van der Waals surface area (Å²) in [5.41, 5.74) is 8.90. The monoisotopic (exact) mass is 443 g/mol. The summed E-state index contributed by atoms with van der Waals surface area (Å²) in [6, 6.07) is 1.84. The van der Waals surface area contributed by atoms with E-state index in [1.807, 2.05) is 21.7 Å². The highest BCUT2D eigenvalue weighted by atomic mass is 35.5. The minimum atomic E-state index is -0.356. The molecule has 2 fully saturated rings. The lowest BCUT2D eigenvalue weighted by molar-refractivity contribution is -0.136. The van der Waals surface area contributed by atoms with E-state index in [0.29, 0.717) is 5.17 Å². The van der Waals surface area contributed by atoms with Crippen molar-refractivity contribution in [1.82, 2.24) is 19.5 Å². The Labute approximate surface area is 187 Å². The highest BCUT2D eigenvalue weighted by molar-refractivity contribution is 6.65. The maximum absolute atomic E-state index is 13.3. The van der Waals surface area contributed by atoms with Crippen molar-refractivity contribution in [2.75, 3.05) is 24.5 Å². The number of fused-ring (bicyclic) bond motifs is 1. The second kappa shape index (κ2) is 8.39. The molecule has 0 saturated carbocycles. The van der Waals surface area contributed by atoms with Gasteiger partial charge in [0, 0.05) is 49.9 Å². The SMILES string of the molecule is Cc1cn2nc([C@@H]3CCCCN3C(=O)C3CCCC(Cl)=N3)cc2nc1N1CC[C@H](N)C1. The first-order valence-electron chi connectivity index (χ1n) is 11.4. The van der Waals surface area contributed by atoms with E-state index in [9.17, 15) is 4.79 Å². The van der Waals surface area contributed by atoms with Crippen LogP contribution in [0.3, 0.4) is 0 Å². The summed E-state index contributed by atoms with van der Waals surface area (Å²) in [4.78, 5) is 26.9. The van der Waals surface area contributed by atoms with Crippen LogP contribution in [0.5, 0.6) is 0 Å². The third kappa shape index (κ3) is 4.03. The normalized spacial score (nSPS) is 27.1. The molecule has 1 unspecified atom stereocenters. The number of anilines is 1. The van der Waals surface area contributed by atoms with Gasteiger partial charge in [0.1, 0.15) is 17.0 Å². The number of rotatable bonds is 3. The van der Waals surface area contributed by atoms with Crippen LogP contribution in [-0.4, -0.2) is 62.3 Å². The minimum Gasteiger partial charge on any atom is -0.355 e. The molecule has 2 aromatic heterocycles. The first-order valence-corrected chi connectivity index (χ1v) is 11.8. The van der Waals surface area contributed by atoms with Gasteiger partial charge in [-0.05, 0) is 45.4 Å². The molecule has 5 heterocycles. The molecule has 3 aliphatic heterocycles. The molecule has 2 aromatic rings. The van der Waals surface area contributed by atoms with Gasteiger partial charge < -0.3 is 15.5 Å². The molecule has 3 atom stereocenters. The van der Waals surface area contributed by atoms with Crippen LogP contribution in [0.1, 0.15) is 62.2 Å². The number of nitrogens with zero attached hydrogens (tertiary/aromatic N) is 6. The molecule has 8 nitrogen and oxygen atoms in total. The van der Waals surface area contributed by atoms with Crippen molar-refractivity contribution >= 4 is 34.1 Å². The Kier molecular flexibility index (Phi) is 5.60. The summed E-state index contributed by atoms with van der Waals surface area (Å²) in [5, 5.41) is 5.40. The lowest BCUT2D eigenvalue weighted by Crippen LogP contribution is -2.44. The number of amides is 1. The van der Waals surface area contributed by atoms with E-state index in [2.05, 4.69) is 16.8 Å². The largest absolute Gasteiger partial charge is 0.355 e. The van der Waals surface area contributed by atoms with Gasteiger partial charge in [-0.25, -0.2) is 9.50 Å². The lowest BCUT2D eigenvalue weighted by Gasteiger charge is -2.36. The van der Waals surface area contributed by atoms with Gasteiger partial charge in [-0.3, -0.25) is 9.79 Å². The van der Waals surface area contributed by atoms with Crippen molar-refractivity contribution in [2.24, 2.45) is 10.7 Å². The number of likely N-dealkylation sites (tertiary alicyclic amines) is 1. The molecule has 166 valence electrons. The molecular weight excluding hydrogens is 414 g/mol. The van der Waals surface area contributed by atoms with Crippen LogP contribution in [-0.2, 0) is 4.79 Å². The Balaban J connectivity index is 1.44. The molecule has 3 aliphatic rings. The number of piperidine rings is 1. The van der Waals surface area contributed by atoms with Gasteiger partial charge in [-0.15, -0.1) is 0 Å². The third-order valence-corrected chi connectivity index (χ3v) is 7.00. The Bertz CT molecular complexity index is 1020. The molecular formula is C22H30ClN7O. The number of hydrogen-bond acceptors (Lipinski definition) is 6. The molecule has 5 rings (SSSR count). The van der Waals surface area contributed by atoms with Gasteiger partial charge >= 0.3 is 0 Å². The van der Waals surface area contributed by atoms with Crippen molar-refractivity contribution in [1.29, 1.82) is 0 Å². The number of hydrogen-bond donors (Lipinski definition) is 1. The molecule has 2 saturated heterocycles. The Hall–Kier alpha value is -2.19. The van der Waals surface area contributed by atoms with Crippen molar-refractivity contribution in [2.45, 2.75) is 70.0 Å². The van der Waals surface area contributed by atoms with Crippen LogP contribution in [0.4, 0.5) is 5.82 Å². The van der Waals surface area contributed by atoms with Crippen LogP contribution in [0, 0.1) is 6.92 Å². The smallest absolute Gasteiger partial charge is 0.247 e. The minimum absolute atomic E-state index is 0.0391. The van der Waals surface area contributed by atoms with E-state index >= 15 is 0 Å². The lowest BCUT2D eigenvalue weighted by atomic mass is 9.97. The number of halogens is 1. The summed E-state index contributed by atoms with van der Waals surface area (Å²) in [6.45, 7) is 4.57. The number of aromatic nitrogens is 3. The second-order valence-corrected chi connectivity index (χ2v) is 9.51. The zero-order valence-electron chi connectivity index (χ0n) is 18.0. The molecule has 0 radical (unpaired) electrons. The molecule has 0 aliphatic carbocycles. The van der Waals surface area contributed by atoms with Crippen LogP contribution in [0.2, 0.25) is 0 Å². The van der Waals surface area contributed by atoms with Crippen LogP contribution >= 0.6 is 11.6 Å². The van der Waals surface area contributed by atoms with Gasteiger partial charge in [-0.2, -0.15) is 5.10 Å². The van der Waals surface area contributed by atoms with Gasteiger partial charge in [0.05, 0.1) is 11.7 Å². The third-order valence-electron chi connectivity index (χ3n) is 6.72. The fraction of sp³-hybridized carbons (Fsp3) is 0.636. The predicted molar refractivity (Wildman–Crippen MR) is 122 cm³/mol. The Morgan fingerprint density at radius 3 is 2.84 bits per heavy atom. The van der Waals surface area contributed by atoms with Crippen molar-refractivity contribution < 1.29 is 4.79 Å². The summed E-state index contributed by atoms with van der Waals surface area (Å²) in [7, 11) is 0. The first-order chi connectivity index (χ1) is 15.0. The maximum Gasteiger partial charge on any atom is 0.247 e. The number of aliphatic imine (C=N–C) groups is 1. The highest BCUT2D eigenvalue weighted by Gasteiger charge is 2.35. The quantitative estimate of drug-likeness (QED) is 0.787. The van der Waals surface area contributed by atoms with Crippen molar-refractivity contribution in [3.63, 3.8) is 0 Å². The van der Waals surface area contributed by atoms with Gasteiger partial charge in [0.15, 0.2) is 5.65 Å². The molecule has 0 spiro atoms. The van der Waals surface area contributed by atoms with E-state index < -0.39 is 0 Å². The number of carbonyl (C=O) groups excluding carboxylic acids is 1. The standard InChI is InChI=1S/C22H30ClN7O/c1-14-12-30-20(26-21(14)28-10-8-15(24)13-28)11-17(27-30)18-6-2-3-9-29(18)22(31)16-5-4-7-19(23)25-16/h11-12,15-16,18H,2-10,13,24H2,1H3/t15-,16?,18-/m0/s1. The van der Waals surface area contributed by atoms with Crippen molar-refractivity contribution in [3.8, 4) is 0 Å². The van der Waals surface area contributed by atoms with Gasteiger partial charge in [-0.1, -0.05) is 11.6 Å². The molecule has 2 N–H and O–H groups in total. The zero-order chi connectivity index (χ0) is 21.5. The van der Waals surface area contributed by atoms with E-state index in [1.165, 1.54) is 0 Å². The summed E-state index contributed by atoms with van der Waals surface area (Å²) in [6.07, 6.45) is 8.48. The van der Waals surface area contributed by atoms with E-state index in [0.717, 1.165) is 87.3 Å². The number of aryl methyl sites for hydroxylation is 1. The highest BCUT2D eigenvalue weighted by Crippen LogP contribution is 2.33. The molecule has 0 bridgehead atoms. The average Bonchev–Trinajstić information content (AvgIpc) is 3.38. The fourth-order valence-corrected chi connectivity index (χ4v) is 5.35. The molecule has 9 heteroatoms. The zero-order valence-corrected chi connectivity index (χ0v) is 18.8. The van der Waals surface area contributed by atoms with E-state index in [1.54, 1.807) is 0 Å². The number of carbonyl (C=O) groups is 1. The van der Waals surface area contributed by atoms with Crippen LogP contribution in [0.25, 0.3) is 5.65 Å². The second-order valence-electron chi connectivity index (χ2n) is 9.07. The summed E-state index contributed by atoms with van der Waals surface area (Å²) >= 11 is 6.14.